The molecule has 0 aliphatic heterocycles. The number of hydrogen-bond acceptors (Lipinski definition) is 1. The molecule has 0 saturated carbocycles. The average Bonchev–Trinajstić information content (AvgIpc) is 1.92. The highest BCUT2D eigenvalue weighted by atomic mass is 35.5. The van der Waals surface area contributed by atoms with Crippen LogP contribution in [0.1, 0.15) is 5.56 Å². The van der Waals surface area contributed by atoms with E-state index in [1.165, 1.54) is 0 Å². The lowest BCUT2D eigenvalue weighted by Gasteiger charge is -2.06. The number of alkyl halides is 3. The number of aromatic nitrogens is 1. The first kappa shape index (κ1) is 9.25. The van der Waals surface area contributed by atoms with Gasteiger partial charge in [0.25, 0.3) is 0 Å². The molecule has 0 N–H and O–H groups in total. The highest BCUT2D eigenvalue weighted by Crippen LogP contribution is 2.33. The summed E-state index contributed by atoms with van der Waals surface area (Å²) in [5, 5.41) is -0.746. The zero-order valence-corrected chi connectivity index (χ0v) is 6.25. The Hall–Kier alpha value is -0.840. The normalized spacial score (nSPS) is 11.8. The second kappa shape index (κ2) is 2.90. The number of rotatable bonds is 0. The second-order valence-electron chi connectivity index (χ2n) is 1.99. The van der Waals surface area contributed by atoms with E-state index in [4.69, 9.17) is 11.6 Å². The van der Waals surface area contributed by atoms with Crippen molar-refractivity contribution in [1.82, 2.24) is 4.98 Å². The number of hydrogen-bond donors (Lipinski definition) is 0. The van der Waals surface area contributed by atoms with Gasteiger partial charge in [-0.2, -0.15) is 13.2 Å². The minimum atomic E-state index is -4.66. The quantitative estimate of drug-likeness (QED) is 0.463. The van der Waals surface area contributed by atoms with Gasteiger partial charge in [-0.05, 0) is 6.07 Å². The van der Waals surface area contributed by atoms with Gasteiger partial charge in [-0.3, -0.25) is 0 Å². The van der Waals surface area contributed by atoms with Crippen LogP contribution in [0.3, 0.4) is 0 Å². The lowest BCUT2D eigenvalue weighted by Crippen LogP contribution is -2.07. The van der Waals surface area contributed by atoms with Gasteiger partial charge < -0.3 is 0 Å². The minimum absolute atomic E-state index is 0.301. The van der Waals surface area contributed by atoms with Gasteiger partial charge in [0.05, 0.1) is 11.8 Å². The lowest BCUT2D eigenvalue weighted by atomic mass is 10.3. The lowest BCUT2D eigenvalue weighted by molar-refractivity contribution is -0.137. The Balaban J connectivity index is 3.23. The number of nitrogens with zero attached hydrogens (tertiary/aromatic N) is 1. The molecule has 0 radical (unpaired) electrons. The van der Waals surface area contributed by atoms with E-state index in [9.17, 15) is 17.6 Å². The smallest absolute Gasteiger partial charge is 0.241 e. The SMILES string of the molecule is Fc1cnc(Cl)c(C(F)(F)F)c1. The van der Waals surface area contributed by atoms with Crippen molar-refractivity contribution in [3.8, 4) is 0 Å². The fourth-order valence-electron chi connectivity index (χ4n) is 0.621. The van der Waals surface area contributed by atoms with Crippen LogP contribution >= 0.6 is 11.6 Å². The molecule has 0 aliphatic rings. The summed E-state index contributed by atoms with van der Waals surface area (Å²) in [5.41, 5.74) is -1.26. The van der Waals surface area contributed by atoms with Crippen LogP contribution in [0.15, 0.2) is 12.3 Å². The van der Waals surface area contributed by atoms with Gasteiger partial charge in [0.1, 0.15) is 11.0 Å². The van der Waals surface area contributed by atoms with Crippen molar-refractivity contribution in [3.63, 3.8) is 0 Å². The van der Waals surface area contributed by atoms with Gasteiger partial charge in [0.2, 0.25) is 0 Å². The maximum atomic E-state index is 12.3. The maximum absolute atomic E-state index is 12.3. The highest BCUT2D eigenvalue weighted by molar-refractivity contribution is 6.30. The Bertz CT molecular complexity index is 296. The summed E-state index contributed by atoms with van der Waals surface area (Å²) < 4.78 is 48.1. The molecule has 0 aromatic carbocycles. The van der Waals surface area contributed by atoms with Gasteiger partial charge in [0.15, 0.2) is 0 Å². The van der Waals surface area contributed by atoms with Crippen molar-refractivity contribution in [2.75, 3.05) is 0 Å². The van der Waals surface area contributed by atoms with Crippen LogP contribution in [0, 0.1) is 5.82 Å². The second-order valence-corrected chi connectivity index (χ2v) is 2.35. The first-order chi connectivity index (χ1) is 5.41. The third kappa shape index (κ3) is 1.85. The summed E-state index contributed by atoms with van der Waals surface area (Å²) in [6.07, 6.45) is -4.04. The van der Waals surface area contributed by atoms with E-state index >= 15 is 0 Å². The predicted molar refractivity (Wildman–Crippen MR) is 34.2 cm³/mol. The molecule has 1 aromatic rings. The van der Waals surface area contributed by atoms with E-state index in [-0.39, 0.29) is 0 Å². The molecule has 0 saturated heterocycles. The minimum Gasteiger partial charge on any atom is -0.241 e. The first-order valence-electron chi connectivity index (χ1n) is 2.79. The van der Waals surface area contributed by atoms with E-state index in [1.807, 2.05) is 0 Å². The van der Waals surface area contributed by atoms with E-state index in [0.717, 1.165) is 0 Å². The third-order valence-corrected chi connectivity index (χ3v) is 1.41. The summed E-state index contributed by atoms with van der Waals surface area (Å²) in [4.78, 5) is 3.02. The molecule has 1 rings (SSSR count). The summed E-state index contributed by atoms with van der Waals surface area (Å²) in [6.45, 7) is 0. The molecule has 1 heterocycles. The van der Waals surface area contributed by atoms with Crippen LogP contribution in [-0.4, -0.2) is 4.98 Å². The Labute approximate surface area is 70.0 Å². The summed E-state index contributed by atoms with van der Waals surface area (Å²) in [5.74, 6) is -1.06. The van der Waals surface area contributed by atoms with Crippen LogP contribution in [0.2, 0.25) is 5.15 Å². The average molecular weight is 200 g/mol. The number of halogens is 5. The summed E-state index contributed by atoms with van der Waals surface area (Å²) in [6, 6.07) is 0.301. The Morgan fingerprint density at radius 3 is 2.33 bits per heavy atom. The maximum Gasteiger partial charge on any atom is 0.419 e. The topological polar surface area (TPSA) is 12.9 Å². The van der Waals surface area contributed by atoms with Crippen LogP contribution in [-0.2, 0) is 6.18 Å². The van der Waals surface area contributed by atoms with Crippen molar-refractivity contribution in [1.29, 1.82) is 0 Å². The molecule has 66 valence electrons. The molecule has 1 aromatic heterocycles. The van der Waals surface area contributed by atoms with Gasteiger partial charge >= 0.3 is 6.18 Å². The summed E-state index contributed by atoms with van der Waals surface area (Å²) in [7, 11) is 0. The highest BCUT2D eigenvalue weighted by Gasteiger charge is 2.34. The molecule has 0 atom stereocenters. The van der Waals surface area contributed by atoms with Crippen LogP contribution in [0.5, 0.6) is 0 Å². The molecular formula is C6H2ClF4N. The van der Waals surface area contributed by atoms with Gasteiger partial charge in [-0.15, -0.1) is 0 Å². The molecule has 0 unspecified atom stereocenters. The molecule has 0 fully saturated rings. The van der Waals surface area contributed by atoms with Crippen LogP contribution < -0.4 is 0 Å². The van der Waals surface area contributed by atoms with Crippen molar-refractivity contribution in [2.45, 2.75) is 6.18 Å². The molecule has 0 bridgehead atoms. The van der Waals surface area contributed by atoms with Crippen molar-refractivity contribution < 1.29 is 17.6 Å². The molecular weight excluding hydrogens is 198 g/mol. The molecule has 0 spiro atoms. The Kier molecular flexibility index (Phi) is 2.23. The van der Waals surface area contributed by atoms with Crippen molar-refractivity contribution in [3.05, 3.63) is 28.8 Å². The molecule has 6 heteroatoms. The third-order valence-electron chi connectivity index (χ3n) is 1.11. The van der Waals surface area contributed by atoms with Crippen LogP contribution in [0.25, 0.3) is 0 Å². The van der Waals surface area contributed by atoms with Gasteiger partial charge in [0, 0.05) is 0 Å². The Morgan fingerprint density at radius 2 is 1.92 bits per heavy atom. The first-order valence-corrected chi connectivity index (χ1v) is 3.17. The molecule has 12 heavy (non-hydrogen) atoms. The zero-order chi connectivity index (χ0) is 9.35. The fourth-order valence-corrected chi connectivity index (χ4v) is 0.832. The zero-order valence-electron chi connectivity index (χ0n) is 5.49. The van der Waals surface area contributed by atoms with Gasteiger partial charge in [-0.1, -0.05) is 11.6 Å². The largest absolute Gasteiger partial charge is 0.419 e. The molecule has 0 amide bonds. The fraction of sp³-hybridized carbons (Fsp3) is 0.167. The summed E-state index contributed by atoms with van der Waals surface area (Å²) >= 11 is 5.08. The molecule has 1 nitrogen and oxygen atoms in total. The predicted octanol–water partition coefficient (Wildman–Crippen LogP) is 2.89. The number of pyridine rings is 1. The molecule has 0 aliphatic carbocycles. The monoisotopic (exact) mass is 199 g/mol. The van der Waals surface area contributed by atoms with Crippen molar-refractivity contribution in [2.24, 2.45) is 0 Å². The standard InChI is InChI=1S/C6H2ClF4N/c7-5-4(6(9,10)11)1-3(8)2-12-5/h1-2H. The van der Waals surface area contributed by atoms with Crippen molar-refractivity contribution >= 4 is 11.6 Å². The van der Waals surface area contributed by atoms with E-state index in [2.05, 4.69) is 4.98 Å². The van der Waals surface area contributed by atoms with Crippen LogP contribution in [0.4, 0.5) is 17.6 Å². The van der Waals surface area contributed by atoms with E-state index in [1.54, 1.807) is 0 Å². The van der Waals surface area contributed by atoms with Gasteiger partial charge in [-0.25, -0.2) is 9.37 Å². The van der Waals surface area contributed by atoms with E-state index < -0.39 is 22.7 Å². The Morgan fingerprint density at radius 1 is 1.33 bits per heavy atom. The van der Waals surface area contributed by atoms with E-state index in [0.29, 0.717) is 12.3 Å².